The first kappa shape index (κ1) is 13.0. The largest absolute Gasteiger partial charge is 0.294 e. The number of nitro groups is 1. The van der Waals surface area contributed by atoms with Crippen LogP contribution in [0.15, 0.2) is 42.6 Å². The van der Waals surface area contributed by atoms with E-state index in [0.717, 1.165) is 26.2 Å². The Labute approximate surface area is 128 Å². The van der Waals surface area contributed by atoms with E-state index in [1.807, 2.05) is 35.7 Å². The second-order valence-corrected chi connectivity index (χ2v) is 5.47. The molecule has 0 atom stereocenters. The summed E-state index contributed by atoms with van der Waals surface area (Å²) in [5, 5.41) is 10.9. The molecule has 20 heavy (non-hydrogen) atoms. The normalized spacial score (nSPS) is 10.9. The molecule has 3 rings (SSSR count). The second kappa shape index (κ2) is 4.86. The fourth-order valence-corrected chi connectivity index (χ4v) is 2.95. The van der Waals surface area contributed by atoms with Gasteiger partial charge in [-0.3, -0.25) is 14.5 Å². The summed E-state index contributed by atoms with van der Waals surface area (Å²) in [5.41, 5.74) is 3.54. The summed E-state index contributed by atoms with van der Waals surface area (Å²) in [7, 11) is 0. The number of hydrogen-bond acceptors (Lipinski definition) is 3. The lowest BCUT2D eigenvalue weighted by atomic mass is 10.1. The summed E-state index contributed by atoms with van der Waals surface area (Å²) in [6, 6.07) is 10.5. The maximum atomic E-state index is 10.9. The summed E-state index contributed by atoms with van der Waals surface area (Å²) < 4.78 is 2.94. The number of nitrogens with zero attached hydrogens (tertiary/aromatic N) is 3. The zero-order valence-electron chi connectivity index (χ0n) is 10.6. The molecule has 0 amide bonds. The first-order chi connectivity index (χ1) is 9.58. The summed E-state index contributed by atoms with van der Waals surface area (Å²) in [6.45, 7) is 2.00. The minimum atomic E-state index is -0.391. The van der Waals surface area contributed by atoms with Gasteiger partial charge in [0.2, 0.25) is 0 Å². The lowest BCUT2D eigenvalue weighted by Gasteiger charge is -1.98. The van der Waals surface area contributed by atoms with E-state index in [1.165, 1.54) is 6.07 Å². The number of non-ortho nitro benzene ring substituents is 1. The average molecular weight is 379 g/mol. The zero-order chi connectivity index (χ0) is 14.3. The van der Waals surface area contributed by atoms with E-state index in [1.54, 1.807) is 12.1 Å². The molecule has 2 aromatic heterocycles. The molecule has 0 unspecified atom stereocenters. The first-order valence-corrected chi connectivity index (χ1v) is 7.04. The number of rotatable bonds is 2. The number of hydrogen-bond donors (Lipinski definition) is 0. The predicted molar refractivity (Wildman–Crippen MR) is 84.7 cm³/mol. The van der Waals surface area contributed by atoms with Crippen molar-refractivity contribution in [1.82, 2.24) is 9.38 Å². The third-order valence-corrected chi connectivity index (χ3v) is 4.15. The van der Waals surface area contributed by atoms with Crippen LogP contribution in [0.4, 0.5) is 5.69 Å². The van der Waals surface area contributed by atoms with Gasteiger partial charge in [-0.05, 0) is 41.1 Å². The lowest BCUT2D eigenvalue weighted by molar-refractivity contribution is -0.384. The summed E-state index contributed by atoms with van der Waals surface area (Å²) in [4.78, 5) is 15.1. The van der Waals surface area contributed by atoms with Crippen LogP contribution in [0.5, 0.6) is 0 Å². The van der Waals surface area contributed by atoms with E-state index in [2.05, 4.69) is 27.6 Å². The Hall–Kier alpha value is -1.96. The molecular weight excluding hydrogens is 369 g/mol. The van der Waals surface area contributed by atoms with Crippen LogP contribution in [-0.2, 0) is 0 Å². The van der Waals surface area contributed by atoms with Crippen LogP contribution < -0.4 is 0 Å². The minimum absolute atomic E-state index is 0.0760. The second-order valence-electron chi connectivity index (χ2n) is 4.44. The molecule has 0 aliphatic heterocycles. The number of imidazole rings is 1. The number of fused-ring (bicyclic) bond motifs is 1. The van der Waals surface area contributed by atoms with Crippen LogP contribution in [0.2, 0.25) is 0 Å². The molecule has 0 bridgehead atoms. The number of benzene rings is 1. The highest BCUT2D eigenvalue weighted by Crippen LogP contribution is 2.29. The molecular formula is C14H10IN3O2. The molecule has 0 radical (unpaired) electrons. The van der Waals surface area contributed by atoms with Crippen molar-refractivity contribution >= 4 is 33.9 Å². The highest BCUT2D eigenvalue weighted by Gasteiger charge is 2.15. The van der Waals surface area contributed by atoms with Crippen molar-refractivity contribution in [2.24, 2.45) is 0 Å². The SMILES string of the molecule is Cc1cccn2c(I)c(-c3cccc([N+](=O)[O-])c3)nc12. The lowest BCUT2D eigenvalue weighted by Crippen LogP contribution is -1.90. The smallest absolute Gasteiger partial charge is 0.270 e. The van der Waals surface area contributed by atoms with E-state index in [-0.39, 0.29) is 5.69 Å². The molecule has 0 spiro atoms. The molecule has 0 saturated carbocycles. The molecule has 6 heteroatoms. The highest BCUT2D eigenvalue weighted by molar-refractivity contribution is 14.1. The van der Waals surface area contributed by atoms with Gasteiger partial charge in [0.25, 0.3) is 5.69 Å². The molecule has 0 fully saturated rings. The van der Waals surface area contributed by atoms with E-state index >= 15 is 0 Å². The van der Waals surface area contributed by atoms with Gasteiger partial charge >= 0.3 is 0 Å². The minimum Gasteiger partial charge on any atom is -0.294 e. The van der Waals surface area contributed by atoms with Crippen LogP contribution in [-0.4, -0.2) is 14.3 Å². The molecule has 100 valence electrons. The maximum absolute atomic E-state index is 10.9. The van der Waals surface area contributed by atoms with Gasteiger partial charge in [-0.25, -0.2) is 4.98 Å². The Balaban J connectivity index is 2.25. The topological polar surface area (TPSA) is 60.4 Å². The highest BCUT2D eigenvalue weighted by atomic mass is 127. The predicted octanol–water partition coefficient (Wildman–Crippen LogP) is 3.82. The Morgan fingerprint density at radius 2 is 2.10 bits per heavy atom. The van der Waals surface area contributed by atoms with Crippen molar-refractivity contribution in [3.05, 3.63) is 62.0 Å². The average Bonchev–Trinajstić information content (AvgIpc) is 2.78. The van der Waals surface area contributed by atoms with Crippen LogP contribution in [0, 0.1) is 20.7 Å². The fraction of sp³-hybridized carbons (Fsp3) is 0.0714. The quantitative estimate of drug-likeness (QED) is 0.386. The van der Waals surface area contributed by atoms with Crippen molar-refractivity contribution in [2.45, 2.75) is 6.92 Å². The van der Waals surface area contributed by atoms with E-state index in [0.29, 0.717) is 0 Å². The molecule has 1 aromatic carbocycles. The van der Waals surface area contributed by atoms with Gasteiger partial charge in [0.15, 0.2) is 0 Å². The number of aryl methyl sites for hydroxylation is 1. The number of pyridine rings is 1. The Kier molecular flexibility index (Phi) is 3.17. The standard InChI is InChI=1S/C14H10IN3O2/c1-9-4-3-7-17-13(15)12(16-14(9)17)10-5-2-6-11(8-10)18(19)20/h2-8H,1H3. The third kappa shape index (κ3) is 2.05. The molecule has 0 aliphatic carbocycles. The molecule has 0 aliphatic rings. The van der Waals surface area contributed by atoms with E-state index in [9.17, 15) is 10.1 Å². The monoisotopic (exact) mass is 379 g/mol. The first-order valence-electron chi connectivity index (χ1n) is 5.96. The summed E-state index contributed by atoms with van der Waals surface area (Å²) in [5.74, 6) is 0. The Morgan fingerprint density at radius 1 is 1.30 bits per heavy atom. The Bertz CT molecular complexity index is 826. The van der Waals surface area contributed by atoms with Crippen LogP contribution >= 0.6 is 22.6 Å². The van der Waals surface area contributed by atoms with Gasteiger partial charge in [-0.15, -0.1) is 0 Å². The van der Waals surface area contributed by atoms with Gasteiger partial charge in [0.1, 0.15) is 15.0 Å². The molecule has 5 nitrogen and oxygen atoms in total. The van der Waals surface area contributed by atoms with Crippen LogP contribution in [0.25, 0.3) is 16.9 Å². The number of nitro benzene ring substituents is 1. The van der Waals surface area contributed by atoms with Gasteiger partial charge in [0, 0.05) is 23.9 Å². The van der Waals surface area contributed by atoms with Crippen molar-refractivity contribution in [3.63, 3.8) is 0 Å². The van der Waals surface area contributed by atoms with Crippen molar-refractivity contribution < 1.29 is 4.92 Å². The molecule has 2 heterocycles. The molecule has 0 saturated heterocycles. The van der Waals surface area contributed by atoms with Crippen LogP contribution in [0.1, 0.15) is 5.56 Å². The van der Waals surface area contributed by atoms with Crippen molar-refractivity contribution in [1.29, 1.82) is 0 Å². The number of halogens is 1. The van der Waals surface area contributed by atoms with Gasteiger partial charge in [-0.2, -0.15) is 0 Å². The summed E-state index contributed by atoms with van der Waals surface area (Å²) >= 11 is 2.21. The van der Waals surface area contributed by atoms with Crippen molar-refractivity contribution in [3.8, 4) is 11.3 Å². The molecule has 3 aromatic rings. The van der Waals surface area contributed by atoms with E-state index in [4.69, 9.17) is 0 Å². The van der Waals surface area contributed by atoms with Crippen LogP contribution in [0.3, 0.4) is 0 Å². The summed E-state index contributed by atoms with van der Waals surface area (Å²) in [6.07, 6.45) is 1.94. The fourth-order valence-electron chi connectivity index (χ4n) is 2.13. The molecule has 0 N–H and O–H groups in total. The Morgan fingerprint density at radius 3 is 2.80 bits per heavy atom. The van der Waals surface area contributed by atoms with Gasteiger partial charge in [-0.1, -0.05) is 18.2 Å². The van der Waals surface area contributed by atoms with Gasteiger partial charge < -0.3 is 0 Å². The van der Waals surface area contributed by atoms with Crippen molar-refractivity contribution in [2.75, 3.05) is 0 Å². The number of aromatic nitrogens is 2. The van der Waals surface area contributed by atoms with E-state index < -0.39 is 4.92 Å². The van der Waals surface area contributed by atoms with Gasteiger partial charge in [0.05, 0.1) is 4.92 Å². The zero-order valence-corrected chi connectivity index (χ0v) is 12.7. The third-order valence-electron chi connectivity index (χ3n) is 3.12. The maximum Gasteiger partial charge on any atom is 0.270 e.